The lowest BCUT2D eigenvalue weighted by Crippen LogP contribution is -2.38. The maximum absolute atomic E-state index is 11.7. The van der Waals surface area contributed by atoms with Crippen LogP contribution in [-0.2, 0) is 9.53 Å². The van der Waals surface area contributed by atoms with E-state index in [-0.39, 0.29) is 23.5 Å². The normalized spacial score (nSPS) is 32.7. The highest BCUT2D eigenvalue weighted by Crippen LogP contribution is 2.45. The molecule has 0 aromatic rings. The lowest BCUT2D eigenvalue weighted by Gasteiger charge is -2.15. The molecule has 0 aromatic carbocycles. The van der Waals surface area contributed by atoms with Crippen LogP contribution in [-0.4, -0.2) is 30.5 Å². The number of halogens is 1. The molecule has 0 bridgehead atoms. The van der Waals surface area contributed by atoms with E-state index in [0.717, 1.165) is 25.7 Å². The van der Waals surface area contributed by atoms with Gasteiger partial charge in [0.05, 0.1) is 6.10 Å². The average Bonchev–Trinajstić information content (AvgIpc) is 2.90. The lowest BCUT2D eigenvalue weighted by molar-refractivity contribution is -0.131. The van der Waals surface area contributed by atoms with Crippen LogP contribution in [0.3, 0.4) is 0 Å². The van der Waals surface area contributed by atoms with Crippen molar-refractivity contribution < 1.29 is 9.53 Å². The van der Waals surface area contributed by atoms with E-state index in [0.29, 0.717) is 12.4 Å². The van der Waals surface area contributed by atoms with E-state index in [9.17, 15) is 4.79 Å². The number of hydrogen-bond acceptors (Lipinski definition) is 2. The number of alkyl halides is 1. The Morgan fingerprint density at radius 2 is 2.27 bits per heavy atom. The van der Waals surface area contributed by atoms with Gasteiger partial charge in [-0.25, -0.2) is 0 Å². The Hall–Kier alpha value is -0.280. The summed E-state index contributed by atoms with van der Waals surface area (Å²) in [6.07, 6.45) is 4.10. The van der Waals surface area contributed by atoms with Crippen molar-refractivity contribution in [3.63, 3.8) is 0 Å². The van der Waals surface area contributed by atoms with Crippen LogP contribution in [0.25, 0.3) is 0 Å². The van der Waals surface area contributed by atoms with Gasteiger partial charge in [-0.2, -0.15) is 0 Å². The molecular formula is C11H18ClNO2. The molecule has 0 aromatic heterocycles. The molecule has 1 amide bonds. The summed E-state index contributed by atoms with van der Waals surface area (Å²) in [5, 5.41) is 2.95. The van der Waals surface area contributed by atoms with E-state index in [1.165, 1.54) is 0 Å². The van der Waals surface area contributed by atoms with Crippen molar-refractivity contribution in [2.75, 3.05) is 12.4 Å². The minimum atomic E-state index is -0.230. The fourth-order valence-corrected chi connectivity index (χ4v) is 2.28. The summed E-state index contributed by atoms with van der Waals surface area (Å²) in [6, 6.07) is 0. The summed E-state index contributed by atoms with van der Waals surface area (Å²) in [6.45, 7) is 2.72. The molecule has 0 radical (unpaired) electrons. The van der Waals surface area contributed by atoms with Crippen LogP contribution in [0.2, 0.25) is 0 Å². The summed E-state index contributed by atoms with van der Waals surface area (Å²) in [4.78, 5) is 11.7. The van der Waals surface area contributed by atoms with Crippen molar-refractivity contribution in [3.8, 4) is 0 Å². The number of rotatable bonds is 4. The fourth-order valence-electron chi connectivity index (χ4n) is 1.92. The van der Waals surface area contributed by atoms with Gasteiger partial charge in [0.1, 0.15) is 6.10 Å². The molecule has 3 nitrogen and oxygen atoms in total. The molecule has 2 aliphatic rings. The molecule has 2 atom stereocenters. The molecule has 1 saturated carbocycles. The van der Waals surface area contributed by atoms with Crippen LogP contribution in [0.5, 0.6) is 0 Å². The van der Waals surface area contributed by atoms with Crippen molar-refractivity contribution in [2.24, 2.45) is 5.41 Å². The molecule has 1 N–H and O–H groups in total. The Kier molecular flexibility index (Phi) is 3.21. The zero-order chi connectivity index (χ0) is 10.9. The third-order valence-electron chi connectivity index (χ3n) is 3.40. The van der Waals surface area contributed by atoms with Crippen LogP contribution >= 0.6 is 11.6 Å². The third-order valence-corrected chi connectivity index (χ3v) is 3.97. The largest absolute Gasteiger partial charge is 0.365 e. The fraction of sp³-hybridized carbons (Fsp3) is 0.909. The predicted molar refractivity (Wildman–Crippen MR) is 59.0 cm³/mol. The van der Waals surface area contributed by atoms with Crippen molar-refractivity contribution in [3.05, 3.63) is 0 Å². The maximum Gasteiger partial charge on any atom is 0.249 e. The first kappa shape index (κ1) is 11.2. The van der Waals surface area contributed by atoms with Crippen LogP contribution in [0.4, 0.5) is 0 Å². The van der Waals surface area contributed by atoms with E-state index in [2.05, 4.69) is 5.32 Å². The summed E-state index contributed by atoms with van der Waals surface area (Å²) in [5.41, 5.74) is 0.196. The van der Waals surface area contributed by atoms with Gasteiger partial charge in [0.2, 0.25) is 5.91 Å². The predicted octanol–water partition coefficient (Wildman–Crippen LogP) is 1.69. The summed E-state index contributed by atoms with van der Waals surface area (Å²) in [7, 11) is 0. The molecular weight excluding hydrogens is 214 g/mol. The molecule has 2 fully saturated rings. The minimum absolute atomic E-state index is 0.0377. The maximum atomic E-state index is 11.7. The Morgan fingerprint density at radius 3 is 2.73 bits per heavy atom. The number of ether oxygens (including phenoxy) is 1. The third kappa shape index (κ3) is 2.64. The molecule has 2 unspecified atom stereocenters. The van der Waals surface area contributed by atoms with Crippen LogP contribution in [0, 0.1) is 5.41 Å². The molecule has 2 rings (SSSR count). The monoisotopic (exact) mass is 231 g/mol. The zero-order valence-corrected chi connectivity index (χ0v) is 9.85. The molecule has 0 spiro atoms. The Morgan fingerprint density at radius 1 is 1.53 bits per heavy atom. The van der Waals surface area contributed by atoms with Crippen molar-refractivity contribution in [1.29, 1.82) is 0 Å². The average molecular weight is 232 g/mol. The Labute approximate surface area is 95.5 Å². The summed E-state index contributed by atoms with van der Waals surface area (Å²) < 4.78 is 5.50. The van der Waals surface area contributed by atoms with E-state index >= 15 is 0 Å². The van der Waals surface area contributed by atoms with Gasteiger partial charge >= 0.3 is 0 Å². The number of nitrogens with one attached hydrogen (secondary N) is 1. The van der Waals surface area contributed by atoms with Gasteiger partial charge in [0.25, 0.3) is 0 Å². The van der Waals surface area contributed by atoms with Gasteiger partial charge in [-0.15, -0.1) is 11.6 Å². The van der Waals surface area contributed by atoms with E-state index < -0.39 is 0 Å². The summed E-state index contributed by atoms with van der Waals surface area (Å²) in [5.74, 6) is 0.686. The molecule has 1 aliphatic heterocycles. The topological polar surface area (TPSA) is 38.3 Å². The van der Waals surface area contributed by atoms with Gasteiger partial charge in [0.15, 0.2) is 0 Å². The second kappa shape index (κ2) is 4.30. The first-order chi connectivity index (χ1) is 7.15. The SMILES string of the molecule is CC1CCC(C(=O)NCC2(CCl)CC2)O1. The van der Waals surface area contributed by atoms with Crippen molar-refractivity contribution in [1.82, 2.24) is 5.32 Å². The number of hydrogen-bond donors (Lipinski definition) is 1. The number of carbonyl (C=O) groups excluding carboxylic acids is 1. The van der Waals surface area contributed by atoms with E-state index in [4.69, 9.17) is 16.3 Å². The second-order valence-corrected chi connectivity index (χ2v) is 5.13. The highest BCUT2D eigenvalue weighted by Gasteiger charge is 2.42. The van der Waals surface area contributed by atoms with Gasteiger partial charge in [-0.05, 0) is 32.6 Å². The Balaban J connectivity index is 1.73. The highest BCUT2D eigenvalue weighted by atomic mass is 35.5. The quantitative estimate of drug-likeness (QED) is 0.748. The lowest BCUT2D eigenvalue weighted by atomic mass is 10.1. The van der Waals surface area contributed by atoms with Crippen molar-refractivity contribution in [2.45, 2.75) is 44.8 Å². The minimum Gasteiger partial charge on any atom is -0.365 e. The van der Waals surface area contributed by atoms with Crippen LogP contribution < -0.4 is 5.32 Å². The highest BCUT2D eigenvalue weighted by molar-refractivity contribution is 6.18. The zero-order valence-electron chi connectivity index (χ0n) is 9.09. The van der Waals surface area contributed by atoms with Crippen LogP contribution in [0.1, 0.15) is 32.6 Å². The van der Waals surface area contributed by atoms with Crippen molar-refractivity contribution >= 4 is 17.5 Å². The van der Waals surface area contributed by atoms with Gasteiger partial charge < -0.3 is 10.1 Å². The van der Waals surface area contributed by atoms with Gasteiger partial charge in [-0.1, -0.05) is 0 Å². The first-order valence-electron chi connectivity index (χ1n) is 5.64. The van der Waals surface area contributed by atoms with Crippen LogP contribution in [0.15, 0.2) is 0 Å². The molecule has 1 saturated heterocycles. The molecule has 1 aliphatic carbocycles. The standard InChI is InChI=1S/C11H18ClNO2/c1-8-2-3-9(15-8)10(14)13-7-11(6-12)4-5-11/h8-9H,2-7H2,1H3,(H,13,14). The molecule has 86 valence electrons. The second-order valence-electron chi connectivity index (χ2n) is 4.86. The van der Waals surface area contributed by atoms with Gasteiger partial charge in [0, 0.05) is 17.8 Å². The first-order valence-corrected chi connectivity index (χ1v) is 6.18. The summed E-state index contributed by atoms with van der Waals surface area (Å²) >= 11 is 5.84. The molecule has 15 heavy (non-hydrogen) atoms. The molecule has 1 heterocycles. The number of carbonyl (C=O) groups is 1. The smallest absolute Gasteiger partial charge is 0.249 e. The number of amides is 1. The molecule has 4 heteroatoms. The van der Waals surface area contributed by atoms with E-state index in [1.807, 2.05) is 6.92 Å². The van der Waals surface area contributed by atoms with E-state index in [1.54, 1.807) is 0 Å². The van der Waals surface area contributed by atoms with Gasteiger partial charge in [-0.3, -0.25) is 4.79 Å². The Bertz CT molecular complexity index is 253.